The summed E-state index contributed by atoms with van der Waals surface area (Å²) in [6.45, 7) is 3.60. The maximum absolute atomic E-state index is 10.8. The van der Waals surface area contributed by atoms with E-state index in [1.54, 1.807) is 0 Å². The van der Waals surface area contributed by atoms with Gasteiger partial charge in [0, 0.05) is 0 Å². The van der Waals surface area contributed by atoms with Gasteiger partial charge < -0.3 is 10.2 Å². The monoisotopic (exact) mass is 242 g/mol. The zero-order chi connectivity index (χ0) is 13.2. The van der Waals surface area contributed by atoms with Crippen molar-refractivity contribution in [2.45, 2.75) is 19.4 Å². The van der Waals surface area contributed by atoms with Crippen molar-refractivity contribution in [2.24, 2.45) is 0 Å². The first-order valence-corrected chi connectivity index (χ1v) is 6.04. The zero-order valence-corrected chi connectivity index (χ0v) is 10.7. The number of aliphatic hydroxyl groups excluding tert-OH is 1. The lowest BCUT2D eigenvalue weighted by atomic mass is 9.84. The summed E-state index contributed by atoms with van der Waals surface area (Å²) in [4.78, 5) is 0. The highest BCUT2D eigenvalue weighted by atomic mass is 16.3. The Hall–Kier alpha value is -1.64. The van der Waals surface area contributed by atoms with Gasteiger partial charge in [0.25, 0.3) is 0 Å². The predicted octanol–water partition coefficient (Wildman–Crippen LogP) is 2.53. The maximum Gasteiger partial charge on any atom is 0.138 e. The molecule has 18 heavy (non-hydrogen) atoms. The first-order valence-electron chi connectivity index (χ1n) is 6.04. The fraction of sp³-hybridized carbons (Fsp3) is 0.250. The quantitative estimate of drug-likeness (QED) is 0.868. The van der Waals surface area contributed by atoms with Gasteiger partial charge in [0.2, 0.25) is 0 Å². The van der Waals surface area contributed by atoms with E-state index in [0.29, 0.717) is 5.56 Å². The van der Waals surface area contributed by atoms with Gasteiger partial charge in [0.1, 0.15) is 5.60 Å². The van der Waals surface area contributed by atoms with Crippen molar-refractivity contribution < 1.29 is 10.2 Å². The summed E-state index contributed by atoms with van der Waals surface area (Å²) >= 11 is 0. The Balaban J connectivity index is 2.55. The fourth-order valence-electron chi connectivity index (χ4n) is 2.20. The van der Waals surface area contributed by atoms with Crippen LogP contribution in [0.15, 0.2) is 48.5 Å². The number of hydrogen-bond donors (Lipinski definition) is 2. The van der Waals surface area contributed by atoms with Crippen molar-refractivity contribution in [3.63, 3.8) is 0 Å². The highest BCUT2D eigenvalue weighted by Crippen LogP contribution is 2.31. The standard InChI is InChI=1S/C16H18O2/c1-12-7-9-14(10-8-12)16(18,11-17)15-6-4-3-5-13(15)2/h3-10,17-18H,11H2,1-2H3. The number of benzene rings is 2. The molecule has 94 valence electrons. The summed E-state index contributed by atoms with van der Waals surface area (Å²) in [6, 6.07) is 15.2. The van der Waals surface area contributed by atoms with E-state index in [-0.39, 0.29) is 6.61 Å². The molecule has 0 bridgehead atoms. The summed E-state index contributed by atoms with van der Waals surface area (Å²) in [6.07, 6.45) is 0. The Bertz CT molecular complexity index is 531. The molecule has 2 rings (SSSR count). The minimum atomic E-state index is -1.33. The molecule has 0 aliphatic carbocycles. The normalized spacial score (nSPS) is 14.2. The van der Waals surface area contributed by atoms with Crippen molar-refractivity contribution in [1.82, 2.24) is 0 Å². The second kappa shape index (κ2) is 4.92. The van der Waals surface area contributed by atoms with E-state index in [4.69, 9.17) is 0 Å². The topological polar surface area (TPSA) is 40.5 Å². The first-order chi connectivity index (χ1) is 8.58. The number of rotatable bonds is 3. The van der Waals surface area contributed by atoms with Crippen LogP contribution in [-0.2, 0) is 5.60 Å². The number of aliphatic hydroxyl groups is 2. The van der Waals surface area contributed by atoms with Gasteiger partial charge in [-0.05, 0) is 30.5 Å². The SMILES string of the molecule is Cc1ccc(C(O)(CO)c2ccccc2C)cc1. The van der Waals surface area contributed by atoms with Crippen LogP contribution in [0.5, 0.6) is 0 Å². The van der Waals surface area contributed by atoms with Crippen LogP contribution in [0.4, 0.5) is 0 Å². The molecule has 0 heterocycles. The third kappa shape index (κ3) is 2.17. The number of hydrogen-bond acceptors (Lipinski definition) is 2. The van der Waals surface area contributed by atoms with Crippen molar-refractivity contribution in [2.75, 3.05) is 6.61 Å². The van der Waals surface area contributed by atoms with Gasteiger partial charge in [0.15, 0.2) is 0 Å². The van der Waals surface area contributed by atoms with E-state index in [2.05, 4.69) is 0 Å². The average Bonchev–Trinajstić information content (AvgIpc) is 2.39. The molecule has 2 heteroatoms. The predicted molar refractivity (Wildman–Crippen MR) is 72.4 cm³/mol. The Morgan fingerprint density at radius 2 is 1.56 bits per heavy atom. The molecule has 0 saturated heterocycles. The molecule has 2 aromatic rings. The smallest absolute Gasteiger partial charge is 0.138 e. The van der Waals surface area contributed by atoms with Gasteiger partial charge >= 0.3 is 0 Å². The Kier molecular flexibility index (Phi) is 3.50. The molecular weight excluding hydrogens is 224 g/mol. The van der Waals surface area contributed by atoms with Crippen LogP contribution in [0.3, 0.4) is 0 Å². The van der Waals surface area contributed by atoms with Crippen molar-refractivity contribution in [1.29, 1.82) is 0 Å². The summed E-state index contributed by atoms with van der Waals surface area (Å²) < 4.78 is 0. The molecule has 0 spiro atoms. The van der Waals surface area contributed by atoms with E-state index in [1.165, 1.54) is 0 Å². The van der Waals surface area contributed by atoms with Crippen LogP contribution < -0.4 is 0 Å². The molecule has 1 atom stereocenters. The largest absolute Gasteiger partial charge is 0.393 e. The second-order valence-electron chi connectivity index (χ2n) is 4.70. The molecule has 2 N–H and O–H groups in total. The number of aryl methyl sites for hydroxylation is 2. The molecule has 0 saturated carbocycles. The molecule has 0 fully saturated rings. The summed E-state index contributed by atoms with van der Waals surface area (Å²) in [5.41, 5.74) is 2.22. The molecule has 0 aliphatic heterocycles. The van der Waals surface area contributed by atoms with E-state index in [1.807, 2.05) is 62.4 Å². The summed E-state index contributed by atoms with van der Waals surface area (Å²) in [5, 5.41) is 20.4. The summed E-state index contributed by atoms with van der Waals surface area (Å²) in [5.74, 6) is 0. The Labute approximate surface area is 108 Å². The van der Waals surface area contributed by atoms with Crippen LogP contribution in [0.1, 0.15) is 22.3 Å². The van der Waals surface area contributed by atoms with E-state index in [0.717, 1.165) is 16.7 Å². The van der Waals surface area contributed by atoms with E-state index < -0.39 is 5.60 Å². The second-order valence-corrected chi connectivity index (χ2v) is 4.70. The van der Waals surface area contributed by atoms with Gasteiger partial charge in [-0.2, -0.15) is 0 Å². The average molecular weight is 242 g/mol. The van der Waals surface area contributed by atoms with Gasteiger partial charge in [-0.1, -0.05) is 54.1 Å². The van der Waals surface area contributed by atoms with Gasteiger partial charge in [-0.25, -0.2) is 0 Å². The van der Waals surface area contributed by atoms with Crippen LogP contribution in [0.25, 0.3) is 0 Å². The minimum absolute atomic E-state index is 0.332. The molecule has 0 amide bonds. The lowest BCUT2D eigenvalue weighted by molar-refractivity contribution is 0.0168. The zero-order valence-electron chi connectivity index (χ0n) is 10.7. The molecule has 2 nitrogen and oxygen atoms in total. The molecule has 0 radical (unpaired) electrons. The fourth-order valence-corrected chi connectivity index (χ4v) is 2.20. The van der Waals surface area contributed by atoms with Crippen LogP contribution in [0, 0.1) is 13.8 Å². The van der Waals surface area contributed by atoms with Crippen molar-refractivity contribution in [3.8, 4) is 0 Å². The first kappa shape index (κ1) is 12.8. The lowest BCUT2D eigenvalue weighted by Crippen LogP contribution is -2.32. The van der Waals surface area contributed by atoms with Crippen LogP contribution in [-0.4, -0.2) is 16.8 Å². The third-order valence-electron chi connectivity index (χ3n) is 3.35. The molecular formula is C16H18O2. The lowest BCUT2D eigenvalue weighted by Gasteiger charge is -2.28. The highest BCUT2D eigenvalue weighted by Gasteiger charge is 2.31. The molecule has 0 aliphatic rings. The van der Waals surface area contributed by atoms with Gasteiger partial charge in [-0.15, -0.1) is 0 Å². The van der Waals surface area contributed by atoms with Crippen molar-refractivity contribution in [3.05, 3.63) is 70.8 Å². The Morgan fingerprint density at radius 3 is 2.11 bits per heavy atom. The Morgan fingerprint density at radius 1 is 0.944 bits per heavy atom. The van der Waals surface area contributed by atoms with E-state index >= 15 is 0 Å². The minimum Gasteiger partial charge on any atom is -0.393 e. The molecule has 0 aromatic heterocycles. The maximum atomic E-state index is 10.8. The molecule has 2 aromatic carbocycles. The third-order valence-corrected chi connectivity index (χ3v) is 3.35. The van der Waals surface area contributed by atoms with Crippen LogP contribution in [0.2, 0.25) is 0 Å². The summed E-state index contributed by atoms with van der Waals surface area (Å²) in [7, 11) is 0. The van der Waals surface area contributed by atoms with Gasteiger partial charge in [-0.3, -0.25) is 0 Å². The van der Waals surface area contributed by atoms with E-state index in [9.17, 15) is 10.2 Å². The highest BCUT2D eigenvalue weighted by molar-refractivity contribution is 5.41. The van der Waals surface area contributed by atoms with Gasteiger partial charge in [0.05, 0.1) is 6.61 Å². The van der Waals surface area contributed by atoms with Crippen molar-refractivity contribution >= 4 is 0 Å². The molecule has 1 unspecified atom stereocenters. The van der Waals surface area contributed by atoms with Crippen LogP contribution >= 0.6 is 0 Å².